The lowest BCUT2D eigenvalue weighted by Crippen LogP contribution is -2.26. The molecule has 6 nitrogen and oxygen atoms in total. The molecule has 0 aliphatic carbocycles. The largest absolute Gasteiger partial charge is 0.506 e. The lowest BCUT2D eigenvalue weighted by molar-refractivity contribution is -0.129. The lowest BCUT2D eigenvalue weighted by Gasteiger charge is -2.21. The molecular weight excluding hydrogens is 284 g/mol. The summed E-state index contributed by atoms with van der Waals surface area (Å²) < 4.78 is 5.56. The van der Waals surface area contributed by atoms with Gasteiger partial charge in [0.2, 0.25) is 0 Å². The minimum absolute atomic E-state index is 0.0109. The number of rotatable bonds is 6. The van der Waals surface area contributed by atoms with Gasteiger partial charge in [-0.05, 0) is 30.7 Å². The smallest absolute Gasteiger partial charge is 0.357 e. The highest BCUT2D eigenvalue weighted by atomic mass is 16.5. The van der Waals surface area contributed by atoms with Crippen LogP contribution in [0.2, 0.25) is 0 Å². The quantitative estimate of drug-likeness (QED) is 0.789. The zero-order valence-electron chi connectivity index (χ0n) is 12.3. The van der Waals surface area contributed by atoms with Crippen LogP contribution >= 0.6 is 0 Å². The molecule has 6 heteroatoms. The molecule has 0 fully saturated rings. The fraction of sp³-hybridized carbons (Fsp3) is 0.250. The lowest BCUT2D eigenvalue weighted by atomic mass is 10.1. The molecule has 1 aromatic rings. The third-order valence-electron chi connectivity index (χ3n) is 3.12. The second kappa shape index (κ2) is 6.80. The number of hydrogen-bond donors (Lipinski definition) is 2. The Balaban J connectivity index is 2.17. The summed E-state index contributed by atoms with van der Waals surface area (Å²) in [5.74, 6) is -0.737. The minimum Gasteiger partial charge on any atom is -0.506 e. The van der Waals surface area contributed by atoms with Crippen molar-refractivity contribution < 1.29 is 19.7 Å². The van der Waals surface area contributed by atoms with Gasteiger partial charge in [-0.2, -0.15) is 5.10 Å². The fourth-order valence-corrected chi connectivity index (χ4v) is 1.85. The van der Waals surface area contributed by atoms with E-state index in [4.69, 9.17) is 9.84 Å². The number of ether oxygens (including phenoxy) is 1. The first-order chi connectivity index (χ1) is 10.5. The first-order valence-corrected chi connectivity index (χ1v) is 6.97. The highest BCUT2D eigenvalue weighted by Crippen LogP contribution is 2.25. The number of aliphatic carboxylic acids is 1. The number of carboxylic acids is 1. The molecule has 0 saturated carbocycles. The average molecular weight is 302 g/mol. The van der Waals surface area contributed by atoms with Crippen molar-refractivity contribution in [3.8, 4) is 5.75 Å². The summed E-state index contributed by atoms with van der Waals surface area (Å²) in [6.45, 7) is 6.25. The Morgan fingerprint density at radius 2 is 2.05 bits per heavy atom. The van der Waals surface area contributed by atoms with Gasteiger partial charge in [0.05, 0.1) is 18.5 Å². The first-order valence-electron chi connectivity index (χ1n) is 6.97. The van der Waals surface area contributed by atoms with Crippen molar-refractivity contribution in [2.24, 2.45) is 5.10 Å². The third-order valence-corrected chi connectivity index (χ3v) is 3.12. The SMILES string of the molecule is C=C1C(O)=CN(c2ccc(OCCCC)cc2)N=C1C(=O)O. The van der Waals surface area contributed by atoms with E-state index in [2.05, 4.69) is 18.6 Å². The molecule has 0 radical (unpaired) electrons. The van der Waals surface area contributed by atoms with E-state index in [1.807, 2.05) is 0 Å². The van der Waals surface area contributed by atoms with E-state index in [1.54, 1.807) is 24.3 Å². The first kappa shape index (κ1) is 15.6. The van der Waals surface area contributed by atoms with Crippen molar-refractivity contribution in [3.63, 3.8) is 0 Å². The number of aliphatic hydroxyl groups excluding tert-OH is 1. The Kier molecular flexibility index (Phi) is 4.83. The number of aliphatic hydroxyl groups is 1. The number of unbranched alkanes of at least 4 members (excludes halogenated alkanes) is 1. The van der Waals surface area contributed by atoms with Gasteiger partial charge in [-0.3, -0.25) is 0 Å². The Bertz CT molecular complexity index is 632. The van der Waals surface area contributed by atoms with E-state index >= 15 is 0 Å². The molecule has 0 atom stereocenters. The molecule has 0 aromatic heterocycles. The number of benzene rings is 1. The van der Waals surface area contributed by atoms with Crippen LogP contribution in [0.4, 0.5) is 5.69 Å². The van der Waals surface area contributed by atoms with E-state index in [9.17, 15) is 9.90 Å². The summed E-state index contributed by atoms with van der Waals surface area (Å²) in [6, 6.07) is 7.02. The summed E-state index contributed by atoms with van der Waals surface area (Å²) in [5.41, 5.74) is 0.312. The standard InChI is InChI=1S/C16H18N2O4/c1-3-4-9-22-13-7-5-12(6-8-13)18-10-14(19)11(2)15(17-18)16(20)21/h5-8,10,19H,2-4,9H2,1H3,(H,20,21). The molecule has 1 aliphatic heterocycles. The Morgan fingerprint density at radius 3 is 2.64 bits per heavy atom. The maximum absolute atomic E-state index is 11.1. The second-order valence-electron chi connectivity index (χ2n) is 4.79. The average Bonchev–Trinajstić information content (AvgIpc) is 2.50. The summed E-state index contributed by atoms with van der Waals surface area (Å²) in [7, 11) is 0. The molecule has 1 aromatic carbocycles. The van der Waals surface area contributed by atoms with Gasteiger partial charge in [-0.15, -0.1) is 0 Å². The number of hydrazone groups is 1. The zero-order valence-corrected chi connectivity index (χ0v) is 12.3. The van der Waals surface area contributed by atoms with E-state index < -0.39 is 5.97 Å². The highest BCUT2D eigenvalue weighted by Gasteiger charge is 2.23. The second-order valence-corrected chi connectivity index (χ2v) is 4.79. The Hall–Kier alpha value is -2.76. The fourth-order valence-electron chi connectivity index (χ4n) is 1.85. The van der Waals surface area contributed by atoms with Gasteiger partial charge in [0, 0.05) is 5.57 Å². The molecule has 1 heterocycles. The summed E-state index contributed by atoms with van der Waals surface area (Å²) >= 11 is 0. The molecule has 1 aliphatic rings. The van der Waals surface area contributed by atoms with Gasteiger partial charge in [0.25, 0.3) is 0 Å². The van der Waals surface area contributed by atoms with Gasteiger partial charge in [0.15, 0.2) is 5.71 Å². The van der Waals surface area contributed by atoms with Crippen LogP contribution in [0.3, 0.4) is 0 Å². The van der Waals surface area contributed by atoms with Crippen molar-refractivity contribution in [1.82, 2.24) is 0 Å². The highest BCUT2D eigenvalue weighted by molar-refractivity contribution is 6.43. The summed E-state index contributed by atoms with van der Waals surface area (Å²) in [6.07, 6.45) is 3.37. The van der Waals surface area contributed by atoms with Gasteiger partial charge in [-0.1, -0.05) is 19.9 Å². The monoisotopic (exact) mass is 302 g/mol. The molecule has 0 bridgehead atoms. The van der Waals surface area contributed by atoms with E-state index in [-0.39, 0.29) is 17.0 Å². The van der Waals surface area contributed by atoms with Crippen LogP contribution in [0.25, 0.3) is 0 Å². The summed E-state index contributed by atoms with van der Waals surface area (Å²) in [5, 5.41) is 24.1. The summed E-state index contributed by atoms with van der Waals surface area (Å²) in [4.78, 5) is 11.1. The number of carboxylic acid groups (broad SMARTS) is 1. The molecule has 0 saturated heterocycles. The topological polar surface area (TPSA) is 82.4 Å². The molecule has 0 amide bonds. The van der Waals surface area contributed by atoms with Gasteiger partial charge in [0.1, 0.15) is 11.5 Å². The van der Waals surface area contributed by atoms with Crippen molar-refractivity contribution >= 4 is 17.4 Å². The molecular formula is C16H18N2O4. The number of allylic oxidation sites excluding steroid dienone is 1. The van der Waals surface area contributed by atoms with Crippen molar-refractivity contribution in [3.05, 3.63) is 48.4 Å². The molecule has 2 N–H and O–H groups in total. The zero-order chi connectivity index (χ0) is 16.1. The van der Waals surface area contributed by atoms with Crippen LogP contribution < -0.4 is 9.75 Å². The minimum atomic E-state index is -1.24. The van der Waals surface area contributed by atoms with Crippen LogP contribution in [0.5, 0.6) is 5.75 Å². The van der Waals surface area contributed by atoms with Crippen LogP contribution in [0, 0.1) is 0 Å². The van der Waals surface area contributed by atoms with Gasteiger partial charge < -0.3 is 14.9 Å². The molecule has 22 heavy (non-hydrogen) atoms. The Labute approximate surface area is 128 Å². The molecule has 116 valence electrons. The Morgan fingerprint density at radius 1 is 1.36 bits per heavy atom. The van der Waals surface area contributed by atoms with Crippen LogP contribution in [-0.4, -0.2) is 28.5 Å². The number of hydrogen-bond acceptors (Lipinski definition) is 5. The predicted molar refractivity (Wildman–Crippen MR) is 84.2 cm³/mol. The van der Waals surface area contributed by atoms with Crippen LogP contribution in [0.1, 0.15) is 19.8 Å². The maximum Gasteiger partial charge on any atom is 0.357 e. The van der Waals surface area contributed by atoms with E-state index in [0.717, 1.165) is 18.6 Å². The van der Waals surface area contributed by atoms with E-state index in [0.29, 0.717) is 12.3 Å². The number of nitrogens with zero attached hydrogens (tertiary/aromatic N) is 2. The van der Waals surface area contributed by atoms with E-state index in [1.165, 1.54) is 11.2 Å². The molecule has 2 rings (SSSR count). The van der Waals surface area contributed by atoms with Gasteiger partial charge in [-0.25, -0.2) is 9.80 Å². The van der Waals surface area contributed by atoms with Crippen LogP contribution in [-0.2, 0) is 4.79 Å². The third kappa shape index (κ3) is 3.46. The molecule has 0 unspecified atom stereocenters. The number of carbonyl (C=O) groups is 1. The maximum atomic E-state index is 11.1. The molecule has 0 spiro atoms. The van der Waals surface area contributed by atoms with Crippen molar-refractivity contribution in [2.75, 3.05) is 11.6 Å². The van der Waals surface area contributed by atoms with Crippen molar-refractivity contribution in [1.29, 1.82) is 0 Å². The normalized spacial score (nSPS) is 14.4. The van der Waals surface area contributed by atoms with Gasteiger partial charge >= 0.3 is 5.97 Å². The number of anilines is 1. The predicted octanol–water partition coefficient (Wildman–Crippen LogP) is 3.08. The van der Waals surface area contributed by atoms with Crippen LogP contribution in [0.15, 0.2) is 53.5 Å². The van der Waals surface area contributed by atoms with Crippen molar-refractivity contribution in [2.45, 2.75) is 19.8 Å².